The maximum Gasteiger partial charge on any atom is 0.241 e. The summed E-state index contributed by atoms with van der Waals surface area (Å²) in [5, 5.41) is 12.2. The third-order valence-corrected chi connectivity index (χ3v) is 3.07. The average molecular weight is 291 g/mol. The van der Waals surface area contributed by atoms with Crippen molar-refractivity contribution in [2.75, 3.05) is 5.32 Å². The summed E-state index contributed by atoms with van der Waals surface area (Å²) in [5.41, 5.74) is 6.15. The molecule has 0 saturated heterocycles. The van der Waals surface area contributed by atoms with E-state index in [1.165, 1.54) is 12.1 Å². The Kier molecular flexibility index (Phi) is 5.72. The third-order valence-electron chi connectivity index (χ3n) is 2.49. The zero-order valence-electron chi connectivity index (χ0n) is 10.0. The van der Waals surface area contributed by atoms with E-state index >= 15 is 0 Å². The van der Waals surface area contributed by atoms with Crippen LogP contribution in [0, 0.1) is 0 Å². The molecule has 0 heterocycles. The highest BCUT2D eigenvalue weighted by Gasteiger charge is 2.14. The van der Waals surface area contributed by atoms with Crippen molar-refractivity contribution < 1.29 is 9.90 Å². The second-order valence-electron chi connectivity index (χ2n) is 4.03. The van der Waals surface area contributed by atoms with E-state index in [4.69, 9.17) is 28.9 Å². The minimum absolute atomic E-state index is 0.0833. The molecule has 4 N–H and O–H groups in total. The number of rotatable bonds is 5. The number of unbranched alkanes of at least 4 members (excludes halogenated alkanes) is 1. The second-order valence-corrected chi connectivity index (χ2v) is 4.84. The van der Waals surface area contributed by atoms with E-state index in [2.05, 4.69) is 5.32 Å². The lowest BCUT2D eigenvalue weighted by Gasteiger charge is -2.12. The number of phenolic OH excluding ortho intramolecular Hbond substituents is 1. The summed E-state index contributed by atoms with van der Waals surface area (Å²) in [6, 6.07) is 2.29. The molecule has 1 aromatic rings. The fraction of sp³-hybridized carbons (Fsp3) is 0.417. The molecule has 6 heteroatoms. The monoisotopic (exact) mass is 290 g/mol. The van der Waals surface area contributed by atoms with Crippen molar-refractivity contribution in [3.05, 3.63) is 22.2 Å². The topological polar surface area (TPSA) is 75.4 Å². The minimum Gasteiger partial charge on any atom is -0.505 e. The number of halogens is 2. The van der Waals surface area contributed by atoms with E-state index in [-0.39, 0.29) is 21.7 Å². The van der Waals surface area contributed by atoms with Gasteiger partial charge in [-0.3, -0.25) is 4.79 Å². The summed E-state index contributed by atoms with van der Waals surface area (Å²) in [6.07, 6.45) is 2.51. The molecule has 0 bridgehead atoms. The molecular weight excluding hydrogens is 275 g/mol. The van der Waals surface area contributed by atoms with Gasteiger partial charge >= 0.3 is 0 Å². The molecule has 0 aliphatic rings. The summed E-state index contributed by atoms with van der Waals surface area (Å²) in [5.74, 6) is -0.493. The number of nitrogens with two attached hydrogens (primary N) is 1. The van der Waals surface area contributed by atoms with Gasteiger partial charge in [0, 0.05) is 5.69 Å². The lowest BCUT2D eigenvalue weighted by Crippen LogP contribution is -2.35. The highest BCUT2D eigenvalue weighted by molar-refractivity contribution is 6.37. The Bertz CT molecular complexity index is 415. The quantitative estimate of drug-likeness (QED) is 0.729. The van der Waals surface area contributed by atoms with Crippen molar-refractivity contribution in [2.24, 2.45) is 5.73 Å². The summed E-state index contributed by atoms with van der Waals surface area (Å²) in [6.45, 7) is 2.03. The van der Waals surface area contributed by atoms with Crippen molar-refractivity contribution in [1.82, 2.24) is 0 Å². The molecule has 0 radical (unpaired) electrons. The van der Waals surface area contributed by atoms with Crippen LogP contribution in [0.1, 0.15) is 26.2 Å². The van der Waals surface area contributed by atoms with Crippen molar-refractivity contribution in [3.8, 4) is 5.75 Å². The molecule has 1 amide bonds. The Morgan fingerprint density at radius 3 is 2.50 bits per heavy atom. The standard InChI is InChI=1S/C12H16Cl2N2O2/c1-2-3-4-10(15)12(18)16-7-5-8(13)11(17)9(14)6-7/h5-6,10,17H,2-4,15H2,1H3,(H,16,18). The molecule has 1 unspecified atom stereocenters. The molecule has 0 aliphatic carbocycles. The van der Waals surface area contributed by atoms with Crippen LogP contribution in [0.2, 0.25) is 10.0 Å². The number of anilines is 1. The fourth-order valence-corrected chi connectivity index (χ4v) is 1.91. The number of hydrogen-bond acceptors (Lipinski definition) is 3. The van der Waals surface area contributed by atoms with Crippen LogP contribution < -0.4 is 11.1 Å². The van der Waals surface area contributed by atoms with Crippen molar-refractivity contribution in [1.29, 1.82) is 0 Å². The highest BCUT2D eigenvalue weighted by atomic mass is 35.5. The van der Waals surface area contributed by atoms with E-state index in [1.807, 2.05) is 6.92 Å². The Morgan fingerprint density at radius 2 is 2.00 bits per heavy atom. The van der Waals surface area contributed by atoms with Gasteiger partial charge in [0.1, 0.15) is 0 Å². The van der Waals surface area contributed by atoms with Gasteiger partial charge in [0.25, 0.3) is 0 Å². The first-order chi connectivity index (χ1) is 8.45. The van der Waals surface area contributed by atoms with Crippen LogP contribution >= 0.6 is 23.2 Å². The third kappa shape index (κ3) is 4.05. The SMILES string of the molecule is CCCCC(N)C(=O)Nc1cc(Cl)c(O)c(Cl)c1. The maximum absolute atomic E-state index is 11.7. The Labute approximate surface area is 116 Å². The highest BCUT2D eigenvalue weighted by Crippen LogP contribution is 2.34. The van der Waals surface area contributed by atoms with Crippen LogP contribution in [0.3, 0.4) is 0 Å². The normalized spacial score (nSPS) is 12.2. The summed E-state index contributed by atoms with van der Waals surface area (Å²) >= 11 is 11.5. The van der Waals surface area contributed by atoms with Gasteiger partial charge in [-0.15, -0.1) is 0 Å². The van der Waals surface area contributed by atoms with Crippen LogP contribution in [-0.4, -0.2) is 17.1 Å². The van der Waals surface area contributed by atoms with E-state index in [9.17, 15) is 9.90 Å². The molecule has 18 heavy (non-hydrogen) atoms. The molecule has 1 rings (SSSR count). The number of amides is 1. The zero-order chi connectivity index (χ0) is 13.7. The number of phenols is 1. The van der Waals surface area contributed by atoms with Gasteiger partial charge in [0.2, 0.25) is 5.91 Å². The lowest BCUT2D eigenvalue weighted by atomic mass is 10.1. The van der Waals surface area contributed by atoms with Gasteiger partial charge in [0.15, 0.2) is 5.75 Å². The van der Waals surface area contributed by atoms with Gasteiger partial charge in [-0.05, 0) is 18.6 Å². The Morgan fingerprint density at radius 1 is 1.44 bits per heavy atom. The van der Waals surface area contributed by atoms with Crippen molar-refractivity contribution in [2.45, 2.75) is 32.2 Å². The number of carbonyl (C=O) groups is 1. The van der Waals surface area contributed by atoms with Crippen LogP contribution in [0.25, 0.3) is 0 Å². The molecule has 0 spiro atoms. The molecule has 4 nitrogen and oxygen atoms in total. The summed E-state index contributed by atoms with van der Waals surface area (Å²) < 4.78 is 0. The Balaban J connectivity index is 2.70. The largest absolute Gasteiger partial charge is 0.505 e. The molecule has 0 saturated carbocycles. The van der Waals surface area contributed by atoms with Crippen LogP contribution in [0.5, 0.6) is 5.75 Å². The second kappa shape index (κ2) is 6.83. The van der Waals surface area contributed by atoms with Gasteiger partial charge in [0.05, 0.1) is 16.1 Å². The van der Waals surface area contributed by atoms with Gasteiger partial charge < -0.3 is 16.2 Å². The molecular formula is C12H16Cl2N2O2. The molecule has 100 valence electrons. The van der Waals surface area contributed by atoms with E-state index in [0.29, 0.717) is 12.1 Å². The van der Waals surface area contributed by atoms with E-state index in [1.54, 1.807) is 0 Å². The van der Waals surface area contributed by atoms with Gasteiger partial charge in [-0.2, -0.15) is 0 Å². The first-order valence-corrected chi connectivity index (χ1v) is 6.45. The predicted octanol–water partition coefficient (Wildman–Crippen LogP) is 3.16. The molecule has 0 fully saturated rings. The van der Waals surface area contributed by atoms with Crippen molar-refractivity contribution in [3.63, 3.8) is 0 Å². The van der Waals surface area contributed by atoms with Crippen LogP contribution in [-0.2, 0) is 4.79 Å². The molecule has 0 aliphatic heterocycles. The molecule has 1 aromatic carbocycles. The first-order valence-electron chi connectivity index (χ1n) is 5.70. The van der Waals surface area contributed by atoms with Gasteiger partial charge in [-0.1, -0.05) is 43.0 Å². The number of carbonyl (C=O) groups excluding carboxylic acids is 1. The summed E-state index contributed by atoms with van der Waals surface area (Å²) in [4.78, 5) is 11.7. The molecule has 1 atom stereocenters. The lowest BCUT2D eigenvalue weighted by molar-refractivity contribution is -0.117. The van der Waals surface area contributed by atoms with Crippen LogP contribution in [0.15, 0.2) is 12.1 Å². The average Bonchev–Trinajstić information content (AvgIpc) is 2.32. The predicted molar refractivity (Wildman–Crippen MR) is 74.3 cm³/mol. The van der Waals surface area contributed by atoms with Crippen LogP contribution in [0.4, 0.5) is 5.69 Å². The number of hydrogen-bond donors (Lipinski definition) is 3. The minimum atomic E-state index is -0.559. The number of benzene rings is 1. The molecule has 0 aromatic heterocycles. The Hall–Kier alpha value is -0.970. The number of nitrogens with one attached hydrogen (secondary N) is 1. The van der Waals surface area contributed by atoms with Crippen molar-refractivity contribution >= 4 is 34.8 Å². The smallest absolute Gasteiger partial charge is 0.241 e. The first kappa shape index (κ1) is 15.1. The van der Waals surface area contributed by atoms with E-state index in [0.717, 1.165) is 12.8 Å². The zero-order valence-corrected chi connectivity index (χ0v) is 11.6. The fourth-order valence-electron chi connectivity index (χ4n) is 1.43. The van der Waals surface area contributed by atoms with E-state index < -0.39 is 6.04 Å². The van der Waals surface area contributed by atoms with Gasteiger partial charge in [-0.25, -0.2) is 0 Å². The summed E-state index contributed by atoms with van der Waals surface area (Å²) in [7, 11) is 0. The number of aromatic hydroxyl groups is 1. The maximum atomic E-state index is 11.7.